The fourth-order valence-electron chi connectivity index (χ4n) is 0.895. The highest BCUT2D eigenvalue weighted by Crippen LogP contribution is 2.14. The Morgan fingerprint density at radius 2 is 2.00 bits per heavy atom. The summed E-state index contributed by atoms with van der Waals surface area (Å²) in [4.78, 5) is 12.9. The molecule has 0 aromatic heterocycles. The molecule has 0 fully saturated rings. The Bertz CT molecular complexity index is 154. The molecule has 1 amide bonds. The highest BCUT2D eigenvalue weighted by Gasteiger charge is 2.25. The number of methoxy groups -OCH3 is 1. The van der Waals surface area contributed by atoms with E-state index < -0.39 is 0 Å². The lowest BCUT2D eigenvalue weighted by Crippen LogP contribution is -2.46. The van der Waals surface area contributed by atoms with Crippen LogP contribution < -0.4 is 0 Å². The van der Waals surface area contributed by atoms with Crippen LogP contribution in [0.3, 0.4) is 0 Å². The number of hydrogen-bond acceptors (Lipinski definition) is 2. The summed E-state index contributed by atoms with van der Waals surface area (Å²) in [6.45, 7) is 6.60. The van der Waals surface area contributed by atoms with Gasteiger partial charge in [0.1, 0.15) is 0 Å². The van der Waals surface area contributed by atoms with Crippen LogP contribution in [0.25, 0.3) is 0 Å². The van der Waals surface area contributed by atoms with E-state index in [0.717, 1.165) is 5.33 Å². The SMILES string of the molecule is COC(=O)N(CCBr)C(C)(C)C. The average molecular weight is 238 g/mol. The summed E-state index contributed by atoms with van der Waals surface area (Å²) < 4.78 is 4.66. The van der Waals surface area contributed by atoms with Crippen molar-refractivity contribution in [3.63, 3.8) is 0 Å². The lowest BCUT2D eigenvalue weighted by Gasteiger charge is -2.33. The first-order valence-corrected chi connectivity index (χ1v) is 4.97. The average Bonchev–Trinajstić information content (AvgIpc) is 1.96. The standard InChI is InChI=1S/C8H16BrNO2/c1-8(2,3)10(6-5-9)7(11)12-4/h5-6H2,1-4H3. The van der Waals surface area contributed by atoms with Crippen LogP contribution in [0.1, 0.15) is 20.8 Å². The molecule has 4 heteroatoms. The highest BCUT2D eigenvalue weighted by molar-refractivity contribution is 9.09. The summed E-state index contributed by atoms with van der Waals surface area (Å²) in [5.41, 5.74) is -0.180. The predicted molar refractivity (Wildman–Crippen MR) is 52.7 cm³/mol. The van der Waals surface area contributed by atoms with Crippen LogP contribution in [0.4, 0.5) is 4.79 Å². The van der Waals surface area contributed by atoms with E-state index in [4.69, 9.17) is 0 Å². The van der Waals surface area contributed by atoms with E-state index >= 15 is 0 Å². The summed E-state index contributed by atoms with van der Waals surface area (Å²) in [5.74, 6) is 0. The van der Waals surface area contributed by atoms with Crippen molar-refractivity contribution in [2.45, 2.75) is 26.3 Å². The Labute approximate surface area is 82.2 Å². The quantitative estimate of drug-likeness (QED) is 0.690. The van der Waals surface area contributed by atoms with Crippen molar-refractivity contribution < 1.29 is 9.53 Å². The number of hydrogen-bond donors (Lipinski definition) is 0. The molecule has 0 heterocycles. The van der Waals surface area contributed by atoms with Gasteiger partial charge in [0.2, 0.25) is 0 Å². The third kappa shape index (κ3) is 3.43. The first-order chi connectivity index (χ1) is 5.43. The molecule has 0 radical (unpaired) electrons. The number of alkyl halides is 1. The zero-order valence-corrected chi connectivity index (χ0v) is 9.64. The molecule has 0 saturated carbocycles. The molecular weight excluding hydrogens is 222 g/mol. The van der Waals surface area contributed by atoms with Gasteiger partial charge in [0.05, 0.1) is 7.11 Å². The van der Waals surface area contributed by atoms with E-state index in [1.807, 2.05) is 20.8 Å². The molecule has 0 atom stereocenters. The zero-order chi connectivity index (χ0) is 9.78. The Balaban J connectivity index is 4.33. The number of halogens is 1. The van der Waals surface area contributed by atoms with Crippen molar-refractivity contribution in [1.29, 1.82) is 0 Å². The van der Waals surface area contributed by atoms with Gasteiger partial charge >= 0.3 is 6.09 Å². The molecule has 0 aromatic carbocycles. The van der Waals surface area contributed by atoms with E-state index in [1.165, 1.54) is 7.11 Å². The van der Waals surface area contributed by atoms with Crippen molar-refractivity contribution in [2.75, 3.05) is 19.0 Å². The van der Waals surface area contributed by atoms with Crippen LogP contribution >= 0.6 is 15.9 Å². The van der Waals surface area contributed by atoms with Crippen molar-refractivity contribution in [1.82, 2.24) is 4.90 Å². The second-order valence-corrected chi connectivity index (χ2v) is 4.27. The monoisotopic (exact) mass is 237 g/mol. The van der Waals surface area contributed by atoms with Crippen LogP contribution in [0.15, 0.2) is 0 Å². The molecule has 3 nitrogen and oxygen atoms in total. The number of rotatable bonds is 2. The van der Waals surface area contributed by atoms with Crippen LogP contribution in [0.2, 0.25) is 0 Å². The maximum atomic E-state index is 11.2. The molecule has 0 unspecified atom stereocenters. The summed E-state index contributed by atoms with van der Waals surface area (Å²) in [6.07, 6.45) is -0.276. The maximum absolute atomic E-state index is 11.2. The molecule has 0 aliphatic rings. The van der Waals surface area contributed by atoms with Crippen molar-refractivity contribution in [3.05, 3.63) is 0 Å². The molecule has 0 rings (SSSR count). The molecule has 0 aliphatic heterocycles. The highest BCUT2D eigenvalue weighted by atomic mass is 79.9. The Kier molecular flexibility index (Phi) is 4.60. The van der Waals surface area contributed by atoms with E-state index in [9.17, 15) is 4.79 Å². The second-order valence-electron chi connectivity index (χ2n) is 3.48. The lowest BCUT2D eigenvalue weighted by molar-refractivity contribution is 0.0879. The summed E-state index contributed by atoms with van der Waals surface area (Å²) >= 11 is 3.29. The molecule has 0 saturated heterocycles. The third-order valence-electron chi connectivity index (χ3n) is 1.51. The van der Waals surface area contributed by atoms with Gasteiger partial charge in [0.15, 0.2) is 0 Å². The second kappa shape index (κ2) is 4.70. The summed E-state index contributed by atoms with van der Waals surface area (Å²) in [6, 6.07) is 0. The van der Waals surface area contributed by atoms with Crippen molar-refractivity contribution in [2.24, 2.45) is 0 Å². The van der Waals surface area contributed by atoms with Gasteiger partial charge in [0, 0.05) is 17.4 Å². The number of carbonyl (C=O) groups excluding carboxylic acids is 1. The van der Waals surface area contributed by atoms with E-state index in [1.54, 1.807) is 4.90 Å². The fourth-order valence-corrected chi connectivity index (χ4v) is 1.25. The summed E-state index contributed by atoms with van der Waals surface area (Å²) in [7, 11) is 1.40. The molecule has 0 bridgehead atoms. The molecule has 0 aliphatic carbocycles. The summed E-state index contributed by atoms with van der Waals surface area (Å²) in [5, 5.41) is 0.763. The topological polar surface area (TPSA) is 29.5 Å². The zero-order valence-electron chi connectivity index (χ0n) is 8.06. The number of amides is 1. The van der Waals surface area contributed by atoms with Crippen LogP contribution in [-0.2, 0) is 4.74 Å². The van der Waals surface area contributed by atoms with Gasteiger partial charge in [-0.05, 0) is 20.8 Å². The van der Waals surface area contributed by atoms with Gasteiger partial charge in [-0.2, -0.15) is 0 Å². The Morgan fingerprint density at radius 1 is 1.50 bits per heavy atom. The van der Waals surface area contributed by atoms with E-state index in [0.29, 0.717) is 6.54 Å². The lowest BCUT2D eigenvalue weighted by atomic mass is 10.1. The normalized spacial score (nSPS) is 11.1. The number of carbonyl (C=O) groups is 1. The van der Waals surface area contributed by atoms with Gasteiger partial charge in [-0.3, -0.25) is 0 Å². The van der Waals surface area contributed by atoms with Gasteiger partial charge < -0.3 is 9.64 Å². The van der Waals surface area contributed by atoms with E-state index in [-0.39, 0.29) is 11.6 Å². The maximum Gasteiger partial charge on any atom is 0.409 e. The van der Waals surface area contributed by atoms with Crippen molar-refractivity contribution in [3.8, 4) is 0 Å². The molecule has 0 aromatic rings. The number of nitrogens with zero attached hydrogens (tertiary/aromatic N) is 1. The Hall–Kier alpha value is -0.250. The predicted octanol–water partition coefficient (Wildman–Crippen LogP) is 2.25. The van der Waals surface area contributed by atoms with Gasteiger partial charge in [-0.25, -0.2) is 4.79 Å². The minimum absolute atomic E-state index is 0.180. The fraction of sp³-hybridized carbons (Fsp3) is 0.875. The van der Waals surface area contributed by atoms with Gasteiger partial charge in [0.25, 0.3) is 0 Å². The van der Waals surface area contributed by atoms with E-state index in [2.05, 4.69) is 20.7 Å². The molecule has 0 N–H and O–H groups in total. The number of ether oxygens (including phenoxy) is 1. The Morgan fingerprint density at radius 3 is 2.25 bits per heavy atom. The minimum atomic E-state index is -0.276. The molecule has 0 spiro atoms. The van der Waals surface area contributed by atoms with Gasteiger partial charge in [-0.15, -0.1) is 0 Å². The minimum Gasteiger partial charge on any atom is -0.453 e. The smallest absolute Gasteiger partial charge is 0.409 e. The van der Waals surface area contributed by atoms with Crippen LogP contribution in [-0.4, -0.2) is 35.5 Å². The molecule has 72 valence electrons. The third-order valence-corrected chi connectivity index (χ3v) is 1.87. The van der Waals surface area contributed by atoms with Crippen LogP contribution in [0.5, 0.6) is 0 Å². The first-order valence-electron chi connectivity index (χ1n) is 3.85. The van der Waals surface area contributed by atoms with Gasteiger partial charge in [-0.1, -0.05) is 15.9 Å². The molecular formula is C8H16BrNO2. The first kappa shape index (κ1) is 11.8. The van der Waals surface area contributed by atoms with Crippen molar-refractivity contribution >= 4 is 22.0 Å². The largest absolute Gasteiger partial charge is 0.453 e. The van der Waals surface area contributed by atoms with Crippen LogP contribution in [0, 0.1) is 0 Å². The molecule has 12 heavy (non-hydrogen) atoms.